The van der Waals surface area contributed by atoms with Gasteiger partial charge in [0.05, 0.1) is 29.2 Å². The molecule has 2 aromatic rings. The minimum absolute atomic E-state index is 0.0376. The van der Waals surface area contributed by atoms with Crippen LogP contribution in [0.4, 0.5) is 5.69 Å². The third-order valence-corrected chi connectivity index (χ3v) is 11.2. The number of aryl methyl sites for hydroxylation is 2. The van der Waals surface area contributed by atoms with Crippen LogP contribution in [0.3, 0.4) is 0 Å². The van der Waals surface area contributed by atoms with Crippen molar-refractivity contribution in [1.82, 2.24) is 9.80 Å². The molecule has 2 fully saturated rings. The van der Waals surface area contributed by atoms with E-state index in [0.717, 1.165) is 28.8 Å². The van der Waals surface area contributed by atoms with Gasteiger partial charge in [0.2, 0.25) is 11.8 Å². The average molecular weight is 586 g/mol. The molecule has 6 rings (SSSR count). The summed E-state index contributed by atoms with van der Waals surface area (Å²) in [5.74, 6) is -1.85. The van der Waals surface area contributed by atoms with Gasteiger partial charge in [0.15, 0.2) is 0 Å². The molecule has 0 bridgehead atoms. The van der Waals surface area contributed by atoms with E-state index in [9.17, 15) is 19.5 Å². The van der Waals surface area contributed by atoms with Crippen molar-refractivity contribution >= 4 is 35.2 Å². The van der Waals surface area contributed by atoms with Gasteiger partial charge in [-0.05, 0) is 49.9 Å². The van der Waals surface area contributed by atoms with Crippen LogP contribution in [0.1, 0.15) is 43.0 Å². The Balaban J connectivity index is 1.55. The van der Waals surface area contributed by atoms with Crippen molar-refractivity contribution in [2.75, 3.05) is 31.1 Å². The van der Waals surface area contributed by atoms with Crippen molar-refractivity contribution in [3.63, 3.8) is 0 Å². The molecule has 4 heterocycles. The Kier molecular flexibility index (Phi) is 7.34. The number of amides is 3. The largest absolute Gasteiger partial charge is 0.394 e. The van der Waals surface area contributed by atoms with E-state index in [1.807, 2.05) is 99.4 Å². The number of fused-ring (bicyclic) bond motifs is 2. The maximum absolute atomic E-state index is 14.9. The molecule has 6 atom stereocenters. The van der Waals surface area contributed by atoms with Crippen LogP contribution in [0.2, 0.25) is 0 Å². The fourth-order valence-electron chi connectivity index (χ4n) is 7.57. The first kappa shape index (κ1) is 28.7. The number of anilines is 1. The summed E-state index contributed by atoms with van der Waals surface area (Å²) in [4.78, 5) is 49.3. The van der Waals surface area contributed by atoms with Crippen LogP contribution in [0.5, 0.6) is 0 Å². The number of thioether (sulfide) groups is 1. The Bertz CT molecular complexity index is 1470. The molecule has 220 valence electrons. The molecule has 3 amide bonds. The molecule has 7 nitrogen and oxygen atoms in total. The van der Waals surface area contributed by atoms with Gasteiger partial charge in [-0.3, -0.25) is 14.4 Å². The summed E-state index contributed by atoms with van der Waals surface area (Å²) in [7, 11) is 0. The fraction of sp³-hybridized carbons (Fsp3) is 0.441. The molecule has 4 aliphatic heterocycles. The highest BCUT2D eigenvalue weighted by atomic mass is 32.2. The Morgan fingerprint density at radius 3 is 2.40 bits per heavy atom. The lowest BCUT2D eigenvalue weighted by Gasteiger charge is -2.40. The van der Waals surface area contributed by atoms with Crippen molar-refractivity contribution in [2.45, 2.75) is 55.7 Å². The molecular formula is C34H39N3O4S. The minimum Gasteiger partial charge on any atom is -0.394 e. The van der Waals surface area contributed by atoms with Crippen LogP contribution < -0.4 is 4.90 Å². The topological polar surface area (TPSA) is 81.2 Å². The van der Waals surface area contributed by atoms with Crippen molar-refractivity contribution < 1.29 is 19.5 Å². The summed E-state index contributed by atoms with van der Waals surface area (Å²) in [6.07, 6.45) is 8.99. The second kappa shape index (κ2) is 10.7. The van der Waals surface area contributed by atoms with Gasteiger partial charge in [0.25, 0.3) is 5.91 Å². The maximum atomic E-state index is 14.9. The number of likely N-dealkylation sites (tertiary alicyclic amines) is 1. The molecule has 0 aliphatic carbocycles. The Labute approximate surface area is 252 Å². The SMILES string of the molecule is CCCN1CC=C[C@@]2(C)S[C@]34C=CCN(c5cc(C)ccc5C)C(=O)C3N([C@H](CO)c3ccccc3)C(=O)[C@@H]4[C@H]2C1=O. The predicted molar refractivity (Wildman–Crippen MR) is 166 cm³/mol. The zero-order chi connectivity index (χ0) is 29.8. The van der Waals surface area contributed by atoms with E-state index >= 15 is 0 Å². The van der Waals surface area contributed by atoms with Gasteiger partial charge >= 0.3 is 0 Å². The van der Waals surface area contributed by atoms with Crippen molar-refractivity contribution in [3.05, 3.63) is 89.5 Å². The van der Waals surface area contributed by atoms with Crippen LogP contribution >= 0.6 is 11.8 Å². The third kappa shape index (κ3) is 4.25. The van der Waals surface area contributed by atoms with Crippen molar-refractivity contribution in [1.29, 1.82) is 0 Å². The van der Waals surface area contributed by atoms with E-state index in [1.165, 1.54) is 0 Å². The smallest absolute Gasteiger partial charge is 0.251 e. The van der Waals surface area contributed by atoms with Crippen LogP contribution in [0, 0.1) is 25.7 Å². The summed E-state index contributed by atoms with van der Waals surface area (Å²) in [6, 6.07) is 13.8. The second-order valence-corrected chi connectivity index (χ2v) is 14.0. The lowest BCUT2D eigenvalue weighted by molar-refractivity contribution is -0.145. The molecule has 1 spiro atoms. The van der Waals surface area contributed by atoms with Gasteiger partial charge in [-0.15, -0.1) is 11.8 Å². The van der Waals surface area contributed by atoms with E-state index in [4.69, 9.17) is 0 Å². The molecular weight excluding hydrogens is 546 g/mol. The predicted octanol–water partition coefficient (Wildman–Crippen LogP) is 4.44. The van der Waals surface area contributed by atoms with Gasteiger partial charge in [0, 0.05) is 30.1 Å². The summed E-state index contributed by atoms with van der Waals surface area (Å²) in [6.45, 7) is 9.23. The Morgan fingerprint density at radius 1 is 0.952 bits per heavy atom. The first-order chi connectivity index (χ1) is 20.2. The zero-order valence-electron chi connectivity index (χ0n) is 24.7. The number of hydrogen-bond acceptors (Lipinski definition) is 5. The van der Waals surface area contributed by atoms with Crippen LogP contribution in [-0.2, 0) is 14.4 Å². The Hall–Kier alpha value is -3.36. The summed E-state index contributed by atoms with van der Waals surface area (Å²) in [5, 5.41) is 10.8. The lowest BCUT2D eigenvalue weighted by Crippen LogP contribution is -2.54. The highest BCUT2D eigenvalue weighted by molar-refractivity contribution is 8.02. The molecule has 1 unspecified atom stereocenters. The van der Waals surface area contributed by atoms with Gasteiger partial charge in [-0.1, -0.05) is 73.7 Å². The molecule has 2 saturated heterocycles. The average Bonchev–Trinajstić information content (AvgIpc) is 3.25. The van der Waals surface area contributed by atoms with Gasteiger partial charge in [0.1, 0.15) is 6.04 Å². The third-order valence-electron chi connectivity index (χ3n) is 9.42. The number of carbonyl (C=O) groups excluding carboxylic acids is 3. The lowest BCUT2D eigenvalue weighted by atomic mass is 9.74. The van der Waals surface area contributed by atoms with Gasteiger partial charge in [-0.2, -0.15) is 0 Å². The first-order valence-corrected chi connectivity index (χ1v) is 15.7. The van der Waals surface area contributed by atoms with Crippen LogP contribution in [-0.4, -0.2) is 74.4 Å². The molecule has 4 aliphatic rings. The number of hydrogen-bond donors (Lipinski definition) is 1. The van der Waals surface area contributed by atoms with E-state index in [2.05, 4.69) is 6.08 Å². The molecule has 2 aromatic carbocycles. The van der Waals surface area contributed by atoms with Crippen LogP contribution in [0.15, 0.2) is 72.8 Å². The summed E-state index contributed by atoms with van der Waals surface area (Å²) in [5.41, 5.74) is 3.58. The van der Waals surface area contributed by atoms with E-state index in [-0.39, 0.29) is 24.3 Å². The van der Waals surface area contributed by atoms with Gasteiger partial charge < -0.3 is 19.8 Å². The van der Waals surface area contributed by atoms with E-state index in [0.29, 0.717) is 19.6 Å². The molecule has 8 heteroatoms. The summed E-state index contributed by atoms with van der Waals surface area (Å²) < 4.78 is -1.64. The fourth-order valence-corrected chi connectivity index (χ4v) is 9.72. The standard InChI is InChI=1S/C34H39N3O4S/c1-5-17-35-18-9-15-33(4)27(30(35)39)28-31(40)37(26(21-38)24-11-7-6-8-12-24)29-32(41)36(19-10-16-34(28,29)42-33)25-20-22(2)13-14-23(25)3/h6-16,20,26-29,38H,5,17-19,21H2,1-4H3/t26-,27+,28+,29?,33-,34+/m1/s1. The first-order valence-electron chi connectivity index (χ1n) is 14.9. The van der Waals surface area contributed by atoms with Crippen molar-refractivity contribution in [2.24, 2.45) is 11.8 Å². The monoisotopic (exact) mass is 585 g/mol. The minimum atomic E-state index is -0.975. The normalized spacial score (nSPS) is 31.1. The Morgan fingerprint density at radius 2 is 1.69 bits per heavy atom. The number of benzene rings is 2. The number of aliphatic hydroxyl groups is 1. The molecule has 0 saturated carbocycles. The second-order valence-electron chi connectivity index (χ2n) is 12.2. The highest BCUT2D eigenvalue weighted by Crippen LogP contribution is 2.66. The van der Waals surface area contributed by atoms with Gasteiger partial charge in [-0.25, -0.2) is 0 Å². The molecule has 0 radical (unpaired) electrons. The maximum Gasteiger partial charge on any atom is 0.251 e. The summed E-state index contributed by atoms with van der Waals surface area (Å²) >= 11 is 1.58. The molecule has 0 aromatic heterocycles. The molecule has 1 N–H and O–H groups in total. The highest BCUT2D eigenvalue weighted by Gasteiger charge is 2.74. The molecule has 42 heavy (non-hydrogen) atoms. The van der Waals surface area contributed by atoms with E-state index in [1.54, 1.807) is 21.6 Å². The van der Waals surface area contributed by atoms with Crippen molar-refractivity contribution in [3.8, 4) is 0 Å². The van der Waals surface area contributed by atoms with Crippen LogP contribution in [0.25, 0.3) is 0 Å². The zero-order valence-corrected chi connectivity index (χ0v) is 25.5. The quantitative estimate of drug-likeness (QED) is 0.508. The number of carbonyl (C=O) groups is 3. The number of rotatable bonds is 6. The van der Waals surface area contributed by atoms with E-state index < -0.39 is 33.4 Å². The number of aliphatic hydroxyl groups excluding tert-OH is 1. The number of nitrogens with zero attached hydrogens (tertiary/aromatic N) is 3.